The van der Waals surface area contributed by atoms with Crippen molar-refractivity contribution >= 4 is 15.9 Å². The molecule has 1 heteroatoms. The highest BCUT2D eigenvalue weighted by molar-refractivity contribution is 9.10. The van der Waals surface area contributed by atoms with Gasteiger partial charge in [-0.05, 0) is 106 Å². The Kier molecular flexibility index (Phi) is 2.40. The SMILES string of the molecule is BrC12CC3CC(CC(C3)C1=C1C3CC4CC(C3)CC1C4)C2. The van der Waals surface area contributed by atoms with Gasteiger partial charge in [-0.15, -0.1) is 0 Å². The van der Waals surface area contributed by atoms with E-state index in [4.69, 9.17) is 0 Å². The number of hydrogen-bond acceptors (Lipinski definition) is 0. The standard InChI is InChI=1S/C20H27Br/c21-20-9-13-2-14(10-20)8-17(7-13)19(20)18-15-3-11-1-12(5-15)6-16(18)4-11/h11-17H,1-10H2. The Balaban J connectivity index is 1.49. The van der Waals surface area contributed by atoms with E-state index in [-0.39, 0.29) is 0 Å². The van der Waals surface area contributed by atoms with E-state index in [9.17, 15) is 0 Å². The number of allylic oxidation sites excluding steroid dienone is 2. The zero-order chi connectivity index (χ0) is 13.8. The third-order valence-corrected chi connectivity index (χ3v) is 9.42. The van der Waals surface area contributed by atoms with Gasteiger partial charge in [0.05, 0.1) is 0 Å². The van der Waals surface area contributed by atoms with Crippen LogP contribution in [0.3, 0.4) is 0 Å². The van der Waals surface area contributed by atoms with Gasteiger partial charge in [0.15, 0.2) is 0 Å². The zero-order valence-corrected chi connectivity index (χ0v) is 14.6. The van der Waals surface area contributed by atoms with Crippen LogP contribution in [-0.4, -0.2) is 4.32 Å². The van der Waals surface area contributed by atoms with Crippen LogP contribution in [0.1, 0.15) is 64.2 Å². The molecular formula is C20H27Br. The lowest BCUT2D eigenvalue weighted by Gasteiger charge is -2.60. The molecule has 0 aromatic carbocycles. The van der Waals surface area contributed by atoms with Gasteiger partial charge in [0.25, 0.3) is 0 Å². The molecule has 0 N–H and O–H groups in total. The average Bonchev–Trinajstić information content (AvgIpc) is 2.38. The molecule has 0 aromatic rings. The summed E-state index contributed by atoms with van der Waals surface area (Å²) < 4.78 is 0.465. The molecule has 0 radical (unpaired) electrons. The predicted molar refractivity (Wildman–Crippen MR) is 89.3 cm³/mol. The third-order valence-electron chi connectivity index (χ3n) is 8.35. The van der Waals surface area contributed by atoms with E-state index in [2.05, 4.69) is 15.9 Å². The van der Waals surface area contributed by atoms with E-state index in [0.717, 1.165) is 41.4 Å². The number of hydrogen-bond donors (Lipinski definition) is 0. The van der Waals surface area contributed by atoms with Crippen molar-refractivity contribution in [2.24, 2.45) is 41.4 Å². The van der Waals surface area contributed by atoms with Crippen molar-refractivity contribution in [3.63, 3.8) is 0 Å². The Labute approximate surface area is 137 Å². The molecule has 0 heterocycles. The zero-order valence-electron chi connectivity index (χ0n) is 13.0. The maximum atomic E-state index is 4.34. The molecular weight excluding hydrogens is 320 g/mol. The van der Waals surface area contributed by atoms with E-state index in [0.29, 0.717) is 4.32 Å². The maximum absolute atomic E-state index is 4.34. The molecule has 8 aliphatic carbocycles. The van der Waals surface area contributed by atoms with Crippen LogP contribution in [0.2, 0.25) is 0 Å². The molecule has 0 nitrogen and oxygen atoms in total. The molecule has 8 bridgehead atoms. The fraction of sp³-hybridized carbons (Fsp3) is 0.900. The Morgan fingerprint density at radius 1 is 0.619 bits per heavy atom. The first-order valence-corrected chi connectivity index (χ1v) is 10.4. The lowest BCUT2D eigenvalue weighted by Crippen LogP contribution is -2.52. The van der Waals surface area contributed by atoms with Gasteiger partial charge >= 0.3 is 0 Å². The molecule has 2 atom stereocenters. The summed E-state index contributed by atoms with van der Waals surface area (Å²) in [5.74, 6) is 7.36. The van der Waals surface area contributed by atoms with E-state index in [1.54, 1.807) is 51.4 Å². The first-order valence-electron chi connectivity index (χ1n) is 9.61. The van der Waals surface area contributed by atoms with Crippen molar-refractivity contribution in [3.05, 3.63) is 11.1 Å². The Morgan fingerprint density at radius 3 is 1.62 bits per heavy atom. The Hall–Kier alpha value is 0.220. The summed E-state index contributed by atoms with van der Waals surface area (Å²) in [6.45, 7) is 0. The summed E-state index contributed by atoms with van der Waals surface area (Å²) in [6.07, 6.45) is 15.5. The Bertz CT molecular complexity index is 486. The topological polar surface area (TPSA) is 0 Å². The molecule has 21 heavy (non-hydrogen) atoms. The predicted octanol–water partition coefficient (Wildman–Crippen LogP) is 5.71. The molecule has 0 spiro atoms. The summed E-state index contributed by atoms with van der Waals surface area (Å²) in [5.41, 5.74) is 4.05. The van der Waals surface area contributed by atoms with Gasteiger partial charge < -0.3 is 0 Å². The molecule has 8 fully saturated rings. The summed E-state index contributed by atoms with van der Waals surface area (Å²) in [5, 5.41) is 0. The van der Waals surface area contributed by atoms with Crippen LogP contribution in [-0.2, 0) is 0 Å². The number of rotatable bonds is 0. The summed E-state index contributed by atoms with van der Waals surface area (Å²) in [6, 6.07) is 0. The molecule has 2 unspecified atom stereocenters. The first-order chi connectivity index (χ1) is 10.2. The largest absolute Gasteiger partial charge is 0.0804 e. The lowest BCUT2D eigenvalue weighted by molar-refractivity contribution is 0.0502. The van der Waals surface area contributed by atoms with Gasteiger partial charge in [-0.2, -0.15) is 0 Å². The van der Waals surface area contributed by atoms with Crippen LogP contribution in [0.25, 0.3) is 0 Å². The minimum atomic E-state index is 0.465. The van der Waals surface area contributed by atoms with Crippen LogP contribution >= 0.6 is 15.9 Å². The smallest absolute Gasteiger partial charge is 0.0476 e. The number of alkyl halides is 1. The van der Waals surface area contributed by atoms with Crippen molar-refractivity contribution in [1.29, 1.82) is 0 Å². The van der Waals surface area contributed by atoms with Gasteiger partial charge in [0.1, 0.15) is 0 Å². The maximum Gasteiger partial charge on any atom is 0.0476 e. The minimum Gasteiger partial charge on any atom is -0.0804 e. The monoisotopic (exact) mass is 346 g/mol. The second-order valence-corrected chi connectivity index (χ2v) is 11.2. The van der Waals surface area contributed by atoms with Gasteiger partial charge in [0.2, 0.25) is 0 Å². The van der Waals surface area contributed by atoms with E-state index in [1.807, 2.05) is 11.1 Å². The Morgan fingerprint density at radius 2 is 1.10 bits per heavy atom. The highest BCUT2D eigenvalue weighted by Gasteiger charge is 2.56. The second kappa shape index (κ2) is 4.00. The van der Waals surface area contributed by atoms with Crippen LogP contribution in [0.15, 0.2) is 11.1 Å². The van der Waals surface area contributed by atoms with Crippen LogP contribution in [0.5, 0.6) is 0 Å². The van der Waals surface area contributed by atoms with Crippen molar-refractivity contribution in [3.8, 4) is 0 Å². The van der Waals surface area contributed by atoms with Crippen LogP contribution < -0.4 is 0 Å². The normalized spacial score (nSPS) is 60.1. The highest BCUT2D eigenvalue weighted by Crippen LogP contribution is 2.66. The summed E-state index contributed by atoms with van der Waals surface area (Å²) >= 11 is 4.34. The average molecular weight is 347 g/mol. The molecule has 8 saturated carbocycles. The molecule has 0 aromatic heterocycles. The van der Waals surface area contributed by atoms with Crippen LogP contribution in [0.4, 0.5) is 0 Å². The van der Waals surface area contributed by atoms with Gasteiger partial charge in [-0.3, -0.25) is 0 Å². The van der Waals surface area contributed by atoms with E-state index in [1.165, 1.54) is 12.8 Å². The quantitative estimate of drug-likeness (QED) is 0.389. The number of halogens is 1. The molecule has 114 valence electrons. The van der Waals surface area contributed by atoms with Crippen molar-refractivity contribution in [2.45, 2.75) is 68.5 Å². The fourth-order valence-electron chi connectivity index (χ4n) is 8.34. The van der Waals surface area contributed by atoms with Gasteiger partial charge in [0, 0.05) is 4.32 Å². The fourth-order valence-corrected chi connectivity index (χ4v) is 9.81. The molecule has 8 aliphatic rings. The minimum absolute atomic E-state index is 0.465. The molecule has 8 rings (SSSR count). The molecule has 0 amide bonds. The molecule has 0 aliphatic heterocycles. The van der Waals surface area contributed by atoms with Crippen molar-refractivity contribution in [1.82, 2.24) is 0 Å². The van der Waals surface area contributed by atoms with Gasteiger partial charge in [-0.25, -0.2) is 0 Å². The molecule has 0 saturated heterocycles. The van der Waals surface area contributed by atoms with Crippen molar-refractivity contribution in [2.75, 3.05) is 0 Å². The lowest BCUT2D eigenvalue weighted by atomic mass is 9.48. The van der Waals surface area contributed by atoms with Crippen molar-refractivity contribution < 1.29 is 0 Å². The summed E-state index contributed by atoms with van der Waals surface area (Å²) in [4.78, 5) is 0. The second-order valence-electron chi connectivity index (χ2n) is 9.68. The highest BCUT2D eigenvalue weighted by atomic mass is 79.9. The van der Waals surface area contributed by atoms with Gasteiger partial charge in [-0.1, -0.05) is 27.1 Å². The summed E-state index contributed by atoms with van der Waals surface area (Å²) in [7, 11) is 0. The van der Waals surface area contributed by atoms with Crippen LogP contribution in [0, 0.1) is 41.4 Å². The van der Waals surface area contributed by atoms with E-state index >= 15 is 0 Å². The third kappa shape index (κ3) is 1.63. The first kappa shape index (κ1) is 12.6. The van der Waals surface area contributed by atoms with E-state index < -0.39 is 0 Å².